The van der Waals surface area contributed by atoms with E-state index in [1.165, 1.54) is 0 Å². The molecule has 0 radical (unpaired) electrons. The Morgan fingerprint density at radius 1 is 1.31 bits per heavy atom. The fourth-order valence-electron chi connectivity index (χ4n) is 2.60. The van der Waals surface area contributed by atoms with Crippen LogP contribution in [0.2, 0.25) is 0 Å². The number of ether oxygens (including phenoxy) is 1. The highest BCUT2D eigenvalue weighted by molar-refractivity contribution is 6.20. The third-order valence-corrected chi connectivity index (χ3v) is 3.45. The Balaban J connectivity index is 2.28. The fraction of sp³-hybridized carbons (Fsp3) is 0.333. The molecule has 0 aliphatic carbocycles. The molecule has 1 spiro atoms. The van der Waals surface area contributed by atoms with Crippen molar-refractivity contribution in [3.05, 3.63) is 29.8 Å². The van der Waals surface area contributed by atoms with E-state index in [9.17, 15) is 9.59 Å². The molecule has 0 N–H and O–H groups in total. The lowest BCUT2D eigenvalue weighted by molar-refractivity contribution is -0.146. The van der Waals surface area contributed by atoms with Crippen LogP contribution < -0.4 is 4.90 Å². The van der Waals surface area contributed by atoms with Gasteiger partial charge in [-0.15, -0.1) is 0 Å². The summed E-state index contributed by atoms with van der Waals surface area (Å²) in [5.41, 5.74) is 0.530. The topological polar surface area (TPSA) is 46.6 Å². The minimum Gasteiger partial charge on any atom is -0.465 e. The number of para-hydroxylation sites is 1. The van der Waals surface area contributed by atoms with Crippen molar-refractivity contribution < 1.29 is 14.3 Å². The number of esters is 1. The van der Waals surface area contributed by atoms with Gasteiger partial charge in [-0.25, -0.2) is 0 Å². The van der Waals surface area contributed by atoms with Crippen molar-refractivity contribution in [2.75, 3.05) is 18.6 Å². The summed E-state index contributed by atoms with van der Waals surface area (Å²) in [6.07, 6.45) is 0.450. The molecule has 1 fully saturated rings. The first-order valence-electron chi connectivity index (χ1n) is 5.23. The number of anilines is 1. The normalized spacial score (nSPS) is 27.4. The van der Waals surface area contributed by atoms with Gasteiger partial charge in [-0.3, -0.25) is 9.59 Å². The maximum Gasteiger partial charge on any atom is 0.326 e. The van der Waals surface area contributed by atoms with E-state index in [0.29, 0.717) is 13.0 Å². The van der Waals surface area contributed by atoms with E-state index in [1.54, 1.807) is 11.9 Å². The van der Waals surface area contributed by atoms with Gasteiger partial charge < -0.3 is 9.64 Å². The van der Waals surface area contributed by atoms with Crippen molar-refractivity contribution in [3.63, 3.8) is 0 Å². The molecule has 1 aromatic rings. The molecule has 0 saturated carbocycles. The van der Waals surface area contributed by atoms with Crippen LogP contribution in [0.15, 0.2) is 24.3 Å². The largest absolute Gasteiger partial charge is 0.465 e. The second-order valence-electron chi connectivity index (χ2n) is 4.17. The Hall–Kier alpha value is -1.84. The molecular weight excluding hydrogens is 206 g/mol. The zero-order chi connectivity index (χ0) is 11.3. The Labute approximate surface area is 92.8 Å². The van der Waals surface area contributed by atoms with E-state index in [-0.39, 0.29) is 5.91 Å². The number of rotatable bonds is 0. The predicted octanol–water partition coefficient (Wildman–Crippen LogP) is 0.848. The van der Waals surface area contributed by atoms with Crippen LogP contribution in [0.25, 0.3) is 0 Å². The summed E-state index contributed by atoms with van der Waals surface area (Å²) in [5, 5.41) is 0. The molecule has 1 atom stereocenters. The quantitative estimate of drug-likeness (QED) is 0.478. The summed E-state index contributed by atoms with van der Waals surface area (Å²) in [5.74, 6) is -0.578. The molecule has 0 aromatic heterocycles. The molecule has 2 aliphatic rings. The van der Waals surface area contributed by atoms with E-state index in [2.05, 4.69) is 0 Å². The van der Waals surface area contributed by atoms with E-state index in [0.717, 1.165) is 11.3 Å². The second-order valence-corrected chi connectivity index (χ2v) is 4.17. The number of cyclic esters (lactones) is 1. The first kappa shape index (κ1) is 9.39. The number of hydrogen-bond acceptors (Lipinski definition) is 3. The minimum atomic E-state index is -1.06. The molecule has 1 saturated heterocycles. The number of carbonyl (C=O) groups excluding carboxylic acids is 2. The summed E-state index contributed by atoms with van der Waals surface area (Å²) in [4.78, 5) is 25.6. The fourth-order valence-corrected chi connectivity index (χ4v) is 2.60. The minimum absolute atomic E-state index is 0.170. The molecule has 2 heterocycles. The van der Waals surface area contributed by atoms with Crippen molar-refractivity contribution in [2.24, 2.45) is 0 Å². The molecule has 1 unspecified atom stereocenters. The SMILES string of the molecule is CN1C(=O)C2(CCOC2=O)c2ccccc21. The molecule has 1 amide bonds. The number of nitrogens with zero attached hydrogens (tertiary/aromatic N) is 1. The van der Waals surface area contributed by atoms with Gasteiger partial charge in [0.2, 0.25) is 5.91 Å². The number of amides is 1. The van der Waals surface area contributed by atoms with Crippen molar-refractivity contribution in [3.8, 4) is 0 Å². The van der Waals surface area contributed by atoms with Gasteiger partial charge in [0.25, 0.3) is 0 Å². The van der Waals surface area contributed by atoms with Gasteiger partial charge in [-0.05, 0) is 6.07 Å². The van der Waals surface area contributed by atoms with Crippen LogP contribution in [0.1, 0.15) is 12.0 Å². The van der Waals surface area contributed by atoms with Crippen LogP contribution in [0.5, 0.6) is 0 Å². The third-order valence-electron chi connectivity index (χ3n) is 3.45. The summed E-state index contributed by atoms with van der Waals surface area (Å²) >= 11 is 0. The van der Waals surface area contributed by atoms with Crippen LogP contribution in [-0.4, -0.2) is 25.5 Å². The molecule has 1 aromatic carbocycles. The van der Waals surface area contributed by atoms with Crippen LogP contribution in [-0.2, 0) is 19.7 Å². The number of hydrogen-bond donors (Lipinski definition) is 0. The van der Waals surface area contributed by atoms with Gasteiger partial charge in [0.05, 0.1) is 6.61 Å². The van der Waals surface area contributed by atoms with Crippen LogP contribution in [0.3, 0.4) is 0 Å². The monoisotopic (exact) mass is 217 g/mol. The highest BCUT2D eigenvalue weighted by atomic mass is 16.5. The van der Waals surface area contributed by atoms with Gasteiger partial charge in [0.15, 0.2) is 5.41 Å². The van der Waals surface area contributed by atoms with Crippen molar-refractivity contribution >= 4 is 17.6 Å². The molecule has 82 valence electrons. The third kappa shape index (κ3) is 0.852. The lowest BCUT2D eigenvalue weighted by Gasteiger charge is -2.16. The van der Waals surface area contributed by atoms with Gasteiger partial charge in [0.1, 0.15) is 0 Å². The van der Waals surface area contributed by atoms with E-state index in [1.807, 2.05) is 24.3 Å². The molecule has 2 aliphatic heterocycles. The zero-order valence-corrected chi connectivity index (χ0v) is 8.90. The molecule has 4 nitrogen and oxygen atoms in total. The standard InChI is InChI=1S/C12H11NO3/c1-13-9-5-3-2-4-8(9)12(10(13)14)6-7-16-11(12)15/h2-5H,6-7H2,1H3. The number of likely N-dealkylation sites (N-methyl/N-ethyl adjacent to an activating group) is 1. The van der Waals surface area contributed by atoms with E-state index in [4.69, 9.17) is 4.74 Å². The lowest BCUT2D eigenvalue weighted by Crippen LogP contribution is -2.42. The average molecular weight is 217 g/mol. The zero-order valence-electron chi connectivity index (χ0n) is 8.90. The van der Waals surface area contributed by atoms with Crippen molar-refractivity contribution in [2.45, 2.75) is 11.8 Å². The van der Waals surface area contributed by atoms with Crippen molar-refractivity contribution in [1.82, 2.24) is 0 Å². The summed E-state index contributed by atoms with van der Waals surface area (Å²) in [7, 11) is 1.70. The summed E-state index contributed by atoms with van der Waals surface area (Å²) < 4.78 is 4.98. The maximum absolute atomic E-state index is 12.2. The molecular formula is C12H11NO3. The van der Waals surface area contributed by atoms with Gasteiger partial charge in [-0.1, -0.05) is 18.2 Å². The smallest absolute Gasteiger partial charge is 0.326 e. The number of fused-ring (bicyclic) bond motifs is 2. The highest BCUT2D eigenvalue weighted by Crippen LogP contribution is 2.46. The van der Waals surface area contributed by atoms with Crippen LogP contribution in [0, 0.1) is 0 Å². The van der Waals surface area contributed by atoms with Gasteiger partial charge in [0, 0.05) is 24.7 Å². The van der Waals surface area contributed by atoms with Crippen molar-refractivity contribution in [1.29, 1.82) is 0 Å². The molecule has 16 heavy (non-hydrogen) atoms. The lowest BCUT2D eigenvalue weighted by atomic mass is 9.80. The van der Waals surface area contributed by atoms with Crippen LogP contribution in [0.4, 0.5) is 5.69 Å². The molecule has 0 bridgehead atoms. The van der Waals surface area contributed by atoms with E-state index < -0.39 is 11.4 Å². The Kier molecular flexibility index (Phi) is 1.67. The molecule has 4 heteroatoms. The van der Waals surface area contributed by atoms with Gasteiger partial charge in [-0.2, -0.15) is 0 Å². The first-order chi connectivity index (χ1) is 7.68. The first-order valence-corrected chi connectivity index (χ1v) is 5.23. The Bertz CT molecular complexity index is 497. The Morgan fingerprint density at radius 3 is 2.75 bits per heavy atom. The predicted molar refractivity (Wildman–Crippen MR) is 57.1 cm³/mol. The number of carbonyl (C=O) groups is 2. The highest BCUT2D eigenvalue weighted by Gasteiger charge is 2.59. The summed E-state index contributed by atoms with van der Waals surface area (Å²) in [6, 6.07) is 7.40. The van der Waals surface area contributed by atoms with Crippen LogP contribution >= 0.6 is 0 Å². The van der Waals surface area contributed by atoms with E-state index >= 15 is 0 Å². The molecule has 3 rings (SSSR count). The number of benzene rings is 1. The maximum atomic E-state index is 12.2. The average Bonchev–Trinajstić information content (AvgIpc) is 2.78. The Morgan fingerprint density at radius 2 is 2.06 bits per heavy atom. The summed E-state index contributed by atoms with van der Waals surface area (Å²) in [6.45, 7) is 0.326. The second kappa shape index (κ2) is 2.84. The van der Waals surface area contributed by atoms with Gasteiger partial charge >= 0.3 is 5.97 Å².